The van der Waals surface area contributed by atoms with Crippen molar-refractivity contribution in [1.82, 2.24) is 10.2 Å². The highest BCUT2D eigenvalue weighted by molar-refractivity contribution is 6.04. The van der Waals surface area contributed by atoms with Crippen LogP contribution in [-0.2, 0) is 11.2 Å². The van der Waals surface area contributed by atoms with Crippen molar-refractivity contribution in [3.63, 3.8) is 0 Å². The first-order chi connectivity index (χ1) is 15.1. The summed E-state index contributed by atoms with van der Waals surface area (Å²) in [5.74, 6) is -0.0376. The second-order valence-corrected chi connectivity index (χ2v) is 9.13. The van der Waals surface area contributed by atoms with Crippen molar-refractivity contribution < 1.29 is 9.59 Å². The van der Waals surface area contributed by atoms with Gasteiger partial charge < -0.3 is 10.2 Å². The number of benzene rings is 2. The van der Waals surface area contributed by atoms with Gasteiger partial charge in [0.05, 0.1) is 0 Å². The van der Waals surface area contributed by atoms with Crippen molar-refractivity contribution in [2.75, 3.05) is 0 Å². The molecule has 2 aliphatic rings. The van der Waals surface area contributed by atoms with E-state index in [0.717, 1.165) is 31.2 Å². The molecule has 4 nitrogen and oxygen atoms in total. The Hall–Kier alpha value is -2.62. The number of nitrogens with zero attached hydrogens (tertiary/aromatic N) is 1. The smallest absolute Gasteiger partial charge is 0.255 e. The molecule has 2 aromatic rings. The van der Waals surface area contributed by atoms with Crippen LogP contribution in [0.15, 0.2) is 54.6 Å². The van der Waals surface area contributed by atoms with Gasteiger partial charge in [0.2, 0.25) is 5.91 Å². The number of aryl methyl sites for hydroxylation is 1. The normalized spacial score (nSPS) is 20.6. The second kappa shape index (κ2) is 10.1. The summed E-state index contributed by atoms with van der Waals surface area (Å²) in [6.07, 6.45) is 9.94. The van der Waals surface area contributed by atoms with Crippen LogP contribution in [0.1, 0.15) is 85.8 Å². The first-order valence-corrected chi connectivity index (χ1v) is 11.9. The van der Waals surface area contributed by atoms with Crippen LogP contribution in [0.2, 0.25) is 0 Å². The van der Waals surface area contributed by atoms with Crippen molar-refractivity contribution in [3.05, 3.63) is 71.3 Å². The van der Waals surface area contributed by atoms with Crippen LogP contribution in [-0.4, -0.2) is 28.8 Å². The van der Waals surface area contributed by atoms with Gasteiger partial charge in [-0.2, -0.15) is 0 Å². The minimum Gasteiger partial charge on any atom is -0.351 e. The Labute approximate surface area is 186 Å². The molecule has 2 amide bonds. The molecule has 1 aliphatic carbocycles. The fourth-order valence-corrected chi connectivity index (χ4v) is 5.10. The number of rotatable bonds is 6. The number of fused-ring (bicyclic) bond motifs is 1. The van der Waals surface area contributed by atoms with E-state index in [4.69, 9.17) is 0 Å². The Morgan fingerprint density at radius 1 is 0.968 bits per heavy atom. The van der Waals surface area contributed by atoms with Gasteiger partial charge in [0.25, 0.3) is 5.91 Å². The van der Waals surface area contributed by atoms with Gasteiger partial charge in [-0.15, -0.1) is 0 Å². The second-order valence-electron chi connectivity index (χ2n) is 9.13. The molecular formula is C27H34N2O2. The molecule has 0 bridgehead atoms. The Bertz CT molecular complexity index is 887. The molecule has 1 heterocycles. The minimum absolute atomic E-state index is 0.0181. The van der Waals surface area contributed by atoms with Gasteiger partial charge in [0, 0.05) is 17.6 Å². The summed E-state index contributed by atoms with van der Waals surface area (Å²) in [4.78, 5) is 28.6. The third kappa shape index (κ3) is 5.00. The maximum Gasteiger partial charge on any atom is 0.255 e. The van der Waals surface area contributed by atoms with Crippen molar-refractivity contribution in [1.29, 1.82) is 0 Å². The highest BCUT2D eigenvalue weighted by Gasteiger charge is 2.43. The third-order valence-electron chi connectivity index (χ3n) is 6.87. The lowest BCUT2D eigenvalue weighted by molar-refractivity contribution is -0.127. The van der Waals surface area contributed by atoms with Crippen molar-refractivity contribution in [2.24, 2.45) is 0 Å². The molecule has 4 rings (SSSR count). The highest BCUT2D eigenvalue weighted by atomic mass is 16.2. The van der Waals surface area contributed by atoms with E-state index in [9.17, 15) is 9.59 Å². The summed E-state index contributed by atoms with van der Waals surface area (Å²) in [5, 5.41) is 3.32. The maximum atomic E-state index is 13.5. The molecule has 4 heteroatoms. The standard InChI is InChI=1S/C27H34N2O2/c1-20(18-19-21-12-6-5-7-13-21)29-25(23-16-10-11-17-24(23)27(29)31)26(30)28-22-14-8-3-2-4-9-15-22/h5-7,10-13,16-17,20,22,25H,2-4,8-9,14-15,18-19H2,1H3,(H,28,30)/t20-,25+/m0/s1. The zero-order valence-corrected chi connectivity index (χ0v) is 18.6. The molecule has 0 radical (unpaired) electrons. The van der Waals surface area contributed by atoms with Crippen LogP contribution in [0, 0.1) is 0 Å². The summed E-state index contributed by atoms with van der Waals surface area (Å²) < 4.78 is 0. The quantitative estimate of drug-likeness (QED) is 0.680. The molecule has 2 aromatic carbocycles. The summed E-state index contributed by atoms with van der Waals surface area (Å²) in [6, 6.07) is 17.6. The molecular weight excluding hydrogens is 384 g/mol. The molecule has 0 aromatic heterocycles. The number of hydrogen-bond acceptors (Lipinski definition) is 2. The summed E-state index contributed by atoms with van der Waals surface area (Å²) in [6.45, 7) is 2.07. The van der Waals surface area contributed by atoms with Crippen LogP contribution in [0.3, 0.4) is 0 Å². The van der Waals surface area contributed by atoms with Crippen molar-refractivity contribution in [2.45, 2.75) is 82.8 Å². The molecule has 1 aliphatic heterocycles. The van der Waals surface area contributed by atoms with Gasteiger partial charge in [-0.25, -0.2) is 0 Å². The molecule has 31 heavy (non-hydrogen) atoms. The number of amides is 2. The first kappa shape index (κ1) is 21.6. The van der Waals surface area contributed by atoms with E-state index in [1.165, 1.54) is 37.7 Å². The molecule has 0 unspecified atom stereocenters. The lowest BCUT2D eigenvalue weighted by Crippen LogP contribution is -2.46. The average molecular weight is 419 g/mol. The zero-order chi connectivity index (χ0) is 21.6. The first-order valence-electron chi connectivity index (χ1n) is 11.9. The minimum atomic E-state index is -0.528. The van der Waals surface area contributed by atoms with Crippen molar-refractivity contribution in [3.8, 4) is 0 Å². The van der Waals surface area contributed by atoms with Crippen LogP contribution >= 0.6 is 0 Å². The van der Waals surface area contributed by atoms with Gasteiger partial charge in [0.15, 0.2) is 0 Å². The van der Waals surface area contributed by atoms with E-state index in [1.54, 1.807) is 0 Å². The number of nitrogens with one attached hydrogen (secondary N) is 1. The summed E-state index contributed by atoms with van der Waals surface area (Å²) >= 11 is 0. The molecule has 0 spiro atoms. The summed E-state index contributed by atoms with van der Waals surface area (Å²) in [5.41, 5.74) is 2.78. The van der Waals surface area contributed by atoms with E-state index < -0.39 is 6.04 Å². The van der Waals surface area contributed by atoms with Crippen molar-refractivity contribution >= 4 is 11.8 Å². The third-order valence-corrected chi connectivity index (χ3v) is 6.87. The van der Waals surface area contributed by atoms with Gasteiger partial charge in [-0.05, 0) is 49.8 Å². The molecule has 1 N–H and O–H groups in total. The Morgan fingerprint density at radius 3 is 2.35 bits per heavy atom. The van der Waals surface area contributed by atoms with Crippen LogP contribution < -0.4 is 5.32 Å². The lowest BCUT2D eigenvalue weighted by Gasteiger charge is -2.32. The average Bonchev–Trinajstić information content (AvgIpc) is 3.07. The SMILES string of the molecule is C[C@@H](CCc1ccccc1)N1C(=O)c2ccccc2[C@@H]1C(=O)NC1CCCCCCC1. The predicted molar refractivity (Wildman–Crippen MR) is 124 cm³/mol. The van der Waals surface area contributed by atoms with E-state index in [2.05, 4.69) is 24.4 Å². The van der Waals surface area contributed by atoms with Gasteiger partial charge in [0.1, 0.15) is 6.04 Å². The topological polar surface area (TPSA) is 49.4 Å². The van der Waals surface area contributed by atoms with E-state index >= 15 is 0 Å². The Morgan fingerprint density at radius 2 is 1.61 bits per heavy atom. The predicted octanol–water partition coefficient (Wildman–Crippen LogP) is 5.43. The van der Waals surface area contributed by atoms with Gasteiger partial charge in [-0.3, -0.25) is 9.59 Å². The number of hydrogen-bond donors (Lipinski definition) is 1. The number of carbonyl (C=O) groups excluding carboxylic acids is 2. The molecule has 2 atom stereocenters. The molecule has 164 valence electrons. The molecule has 1 fully saturated rings. The van der Waals surface area contributed by atoms with E-state index in [-0.39, 0.29) is 23.9 Å². The van der Waals surface area contributed by atoms with Crippen LogP contribution in [0.5, 0.6) is 0 Å². The number of carbonyl (C=O) groups is 2. The largest absolute Gasteiger partial charge is 0.351 e. The molecule has 1 saturated carbocycles. The molecule has 0 saturated heterocycles. The summed E-state index contributed by atoms with van der Waals surface area (Å²) in [7, 11) is 0. The van der Waals surface area contributed by atoms with Crippen LogP contribution in [0.4, 0.5) is 0 Å². The van der Waals surface area contributed by atoms with Gasteiger partial charge in [-0.1, -0.05) is 80.6 Å². The Balaban J connectivity index is 1.51. The fourth-order valence-electron chi connectivity index (χ4n) is 5.10. The van der Waals surface area contributed by atoms with E-state index in [1.807, 2.05) is 47.4 Å². The Kier molecular flexibility index (Phi) is 7.06. The maximum absolute atomic E-state index is 13.5. The fraction of sp³-hybridized carbons (Fsp3) is 0.481. The van der Waals surface area contributed by atoms with Crippen LogP contribution in [0.25, 0.3) is 0 Å². The highest BCUT2D eigenvalue weighted by Crippen LogP contribution is 2.36. The zero-order valence-electron chi connectivity index (χ0n) is 18.6. The monoisotopic (exact) mass is 418 g/mol. The lowest BCUT2D eigenvalue weighted by atomic mass is 9.96. The van der Waals surface area contributed by atoms with E-state index in [0.29, 0.717) is 5.56 Å². The van der Waals surface area contributed by atoms with Gasteiger partial charge >= 0.3 is 0 Å².